The van der Waals surface area contributed by atoms with Crippen molar-refractivity contribution in [3.8, 4) is 22.5 Å². The first kappa shape index (κ1) is 29.1. The molecule has 0 amide bonds. The molecular formula is C48H33N3. The summed E-state index contributed by atoms with van der Waals surface area (Å²) in [5.74, 6) is 0. The predicted octanol–water partition coefficient (Wildman–Crippen LogP) is 13.0. The van der Waals surface area contributed by atoms with Crippen molar-refractivity contribution in [3.05, 3.63) is 200 Å². The van der Waals surface area contributed by atoms with Crippen LogP contribution in [0.15, 0.2) is 200 Å². The molecule has 0 atom stereocenters. The largest absolute Gasteiger partial charge is 0.309 e. The molecule has 10 aromatic rings. The highest BCUT2D eigenvalue weighted by molar-refractivity contribution is 6.29. The average molecular weight is 652 g/mol. The maximum absolute atomic E-state index is 2.47. The summed E-state index contributed by atoms with van der Waals surface area (Å²) < 4.78 is 4.93. The lowest BCUT2D eigenvalue weighted by Gasteiger charge is -2.27. The molecule has 2 heterocycles. The molecule has 0 saturated carbocycles. The summed E-state index contributed by atoms with van der Waals surface area (Å²) in [6.07, 6.45) is 0. The number of fused-ring (bicyclic) bond motifs is 7. The molecule has 3 nitrogen and oxygen atoms in total. The van der Waals surface area contributed by atoms with Crippen molar-refractivity contribution in [2.75, 3.05) is 4.90 Å². The van der Waals surface area contributed by atoms with Crippen molar-refractivity contribution in [3.63, 3.8) is 0 Å². The Balaban J connectivity index is 1.40. The first-order valence-corrected chi connectivity index (χ1v) is 17.5. The molecule has 3 heteroatoms. The number of nitrogens with zero attached hydrogens (tertiary/aromatic N) is 3. The van der Waals surface area contributed by atoms with Crippen LogP contribution in [0.3, 0.4) is 0 Å². The van der Waals surface area contributed by atoms with Gasteiger partial charge in [0.1, 0.15) is 0 Å². The maximum atomic E-state index is 2.47. The van der Waals surface area contributed by atoms with E-state index in [2.05, 4.69) is 214 Å². The monoisotopic (exact) mass is 651 g/mol. The first-order valence-electron chi connectivity index (χ1n) is 17.5. The first-order chi connectivity index (χ1) is 25.3. The molecule has 0 spiro atoms. The van der Waals surface area contributed by atoms with Crippen molar-refractivity contribution in [1.29, 1.82) is 0 Å². The number of benzene rings is 8. The molecule has 0 bridgehead atoms. The fourth-order valence-corrected chi connectivity index (χ4v) is 7.88. The van der Waals surface area contributed by atoms with E-state index in [1.807, 2.05) is 0 Å². The molecule has 0 aliphatic carbocycles. The van der Waals surface area contributed by atoms with Crippen LogP contribution in [0.25, 0.3) is 66.1 Å². The van der Waals surface area contributed by atoms with Gasteiger partial charge in [0.2, 0.25) is 0 Å². The zero-order valence-electron chi connectivity index (χ0n) is 27.9. The third-order valence-electron chi connectivity index (χ3n) is 10.1. The minimum Gasteiger partial charge on any atom is -0.309 e. The van der Waals surface area contributed by atoms with Crippen molar-refractivity contribution >= 4 is 60.7 Å². The van der Waals surface area contributed by atoms with E-state index in [1.54, 1.807) is 0 Å². The number of hydrogen-bond donors (Lipinski definition) is 0. The van der Waals surface area contributed by atoms with Crippen molar-refractivity contribution < 1.29 is 0 Å². The summed E-state index contributed by atoms with van der Waals surface area (Å²) in [7, 11) is 0. The molecule has 0 unspecified atom stereocenters. The van der Waals surface area contributed by atoms with Gasteiger partial charge in [-0.05, 0) is 77.9 Å². The lowest BCUT2D eigenvalue weighted by Crippen LogP contribution is -2.11. The number of para-hydroxylation sites is 5. The maximum Gasteiger partial charge on any atom is 0.0804 e. The molecule has 0 fully saturated rings. The Hall–Kier alpha value is -6.84. The smallest absolute Gasteiger partial charge is 0.0804 e. The van der Waals surface area contributed by atoms with Gasteiger partial charge < -0.3 is 14.0 Å². The van der Waals surface area contributed by atoms with Crippen LogP contribution in [-0.2, 0) is 0 Å². The number of aromatic nitrogens is 2. The van der Waals surface area contributed by atoms with Crippen LogP contribution in [0.5, 0.6) is 0 Å². The predicted molar refractivity (Wildman–Crippen MR) is 215 cm³/mol. The molecule has 0 saturated heterocycles. The van der Waals surface area contributed by atoms with Gasteiger partial charge in [0, 0.05) is 44.3 Å². The normalized spacial score (nSPS) is 11.5. The fourth-order valence-electron chi connectivity index (χ4n) is 7.88. The minimum absolute atomic E-state index is 1.11. The van der Waals surface area contributed by atoms with E-state index in [0.29, 0.717) is 0 Å². The molecule has 0 aliphatic rings. The topological polar surface area (TPSA) is 13.1 Å². The molecule has 8 aromatic carbocycles. The van der Waals surface area contributed by atoms with Crippen molar-refractivity contribution in [2.45, 2.75) is 0 Å². The summed E-state index contributed by atoms with van der Waals surface area (Å²) in [4.78, 5) is 2.42. The quantitative estimate of drug-likeness (QED) is 0.174. The molecule has 0 radical (unpaired) electrons. The standard InChI is InChI=1S/C48H33N3/c1-5-17-34(18-6-1)35-29-31-39(32-30-35)50-43-27-15-13-25-40(43)42-33-45(49(36-19-7-2-8-20-36)37-21-9-3-10-22-37)48-46(47(42)50)41-26-14-16-28-44(41)51(48)38-23-11-4-12-24-38/h1-33H. The Morgan fingerprint density at radius 1 is 0.333 bits per heavy atom. The highest BCUT2D eigenvalue weighted by atomic mass is 15.2. The summed E-state index contributed by atoms with van der Waals surface area (Å²) >= 11 is 0. The molecular weight excluding hydrogens is 619 g/mol. The SMILES string of the molecule is c1ccc(-c2ccc(-n3c4ccccc4c4cc(N(c5ccccc5)c5ccccc5)c5c(c6ccccc6n5-c5ccccc5)c43)cc2)cc1. The van der Waals surface area contributed by atoms with Crippen molar-refractivity contribution in [2.24, 2.45) is 0 Å². The zero-order chi connectivity index (χ0) is 33.7. The second-order valence-corrected chi connectivity index (χ2v) is 13.0. The Morgan fingerprint density at radius 2 is 0.784 bits per heavy atom. The van der Waals surface area contributed by atoms with E-state index in [0.717, 1.165) is 34.0 Å². The van der Waals surface area contributed by atoms with Crippen LogP contribution in [0.2, 0.25) is 0 Å². The van der Waals surface area contributed by atoms with Crippen LogP contribution in [-0.4, -0.2) is 9.13 Å². The van der Waals surface area contributed by atoms with Gasteiger partial charge in [0.05, 0.1) is 27.8 Å². The Labute approximate surface area is 296 Å². The van der Waals surface area contributed by atoms with Gasteiger partial charge in [-0.3, -0.25) is 0 Å². The third kappa shape index (κ3) is 4.67. The second-order valence-electron chi connectivity index (χ2n) is 13.0. The Morgan fingerprint density at radius 3 is 1.41 bits per heavy atom. The van der Waals surface area contributed by atoms with Crippen molar-refractivity contribution in [1.82, 2.24) is 9.13 Å². The Kier molecular flexibility index (Phi) is 6.81. The van der Waals surface area contributed by atoms with Gasteiger partial charge in [-0.2, -0.15) is 0 Å². The molecule has 240 valence electrons. The Bertz CT molecular complexity index is 2780. The molecule has 2 aromatic heterocycles. The summed E-state index contributed by atoms with van der Waals surface area (Å²) in [5, 5.41) is 4.88. The number of anilines is 3. The highest BCUT2D eigenvalue weighted by Gasteiger charge is 2.27. The van der Waals surface area contributed by atoms with Gasteiger partial charge >= 0.3 is 0 Å². The molecule has 0 aliphatic heterocycles. The van der Waals surface area contributed by atoms with E-state index in [9.17, 15) is 0 Å². The fraction of sp³-hybridized carbons (Fsp3) is 0. The van der Waals surface area contributed by atoms with Gasteiger partial charge in [0.25, 0.3) is 0 Å². The van der Waals surface area contributed by atoms with Gasteiger partial charge in [-0.15, -0.1) is 0 Å². The average Bonchev–Trinajstić information content (AvgIpc) is 3.73. The zero-order valence-corrected chi connectivity index (χ0v) is 27.9. The second kappa shape index (κ2) is 11.9. The summed E-state index contributed by atoms with van der Waals surface area (Å²) in [6, 6.07) is 72.0. The van der Waals surface area contributed by atoms with Gasteiger partial charge in [-0.25, -0.2) is 0 Å². The van der Waals surface area contributed by atoms with Crippen LogP contribution in [0.1, 0.15) is 0 Å². The number of rotatable bonds is 6. The van der Waals surface area contributed by atoms with E-state index >= 15 is 0 Å². The van der Waals surface area contributed by atoms with E-state index in [-0.39, 0.29) is 0 Å². The lowest BCUT2D eigenvalue weighted by molar-refractivity contribution is 1.16. The van der Waals surface area contributed by atoms with Crippen LogP contribution < -0.4 is 4.90 Å². The van der Waals surface area contributed by atoms with Gasteiger partial charge in [-0.1, -0.05) is 133 Å². The van der Waals surface area contributed by atoms with Gasteiger partial charge in [0.15, 0.2) is 0 Å². The van der Waals surface area contributed by atoms with Crippen LogP contribution in [0, 0.1) is 0 Å². The van der Waals surface area contributed by atoms with E-state index in [1.165, 1.54) is 49.2 Å². The van der Waals surface area contributed by atoms with E-state index < -0.39 is 0 Å². The minimum atomic E-state index is 1.11. The van der Waals surface area contributed by atoms with Crippen LogP contribution in [0.4, 0.5) is 17.1 Å². The summed E-state index contributed by atoms with van der Waals surface area (Å²) in [6.45, 7) is 0. The highest BCUT2D eigenvalue weighted by Crippen LogP contribution is 2.49. The summed E-state index contributed by atoms with van der Waals surface area (Å²) in [5.41, 5.74) is 12.7. The lowest BCUT2D eigenvalue weighted by atomic mass is 10.0. The van der Waals surface area contributed by atoms with Crippen LogP contribution >= 0.6 is 0 Å². The molecule has 51 heavy (non-hydrogen) atoms. The molecule has 0 N–H and O–H groups in total. The third-order valence-corrected chi connectivity index (χ3v) is 10.1. The van der Waals surface area contributed by atoms with E-state index in [4.69, 9.17) is 0 Å². The molecule has 10 rings (SSSR count). The number of hydrogen-bond acceptors (Lipinski definition) is 1.